The molecule has 0 fully saturated rings. The highest BCUT2D eigenvalue weighted by atomic mass is 19.1. The number of carboxylic acid groups (broad SMARTS) is 1. The average Bonchev–Trinajstić information content (AvgIpc) is 2.12. The third-order valence-corrected chi connectivity index (χ3v) is 2.36. The lowest BCUT2D eigenvalue weighted by molar-refractivity contribution is -0.149. The summed E-state index contributed by atoms with van der Waals surface area (Å²) in [5.74, 6) is -0.898. The summed E-state index contributed by atoms with van der Waals surface area (Å²) in [5.41, 5.74) is 4.53. The Morgan fingerprint density at radius 3 is 2.46 bits per heavy atom. The minimum absolute atomic E-state index is 0.0934. The molecule has 1 atom stereocenters. The van der Waals surface area contributed by atoms with Crippen LogP contribution in [0.1, 0.15) is 32.6 Å². The van der Waals surface area contributed by atoms with Crippen LogP contribution >= 0.6 is 0 Å². The van der Waals surface area contributed by atoms with Gasteiger partial charge in [-0.25, -0.2) is 0 Å². The molecule has 0 spiro atoms. The molecule has 1 unspecified atom stereocenters. The first-order valence-electron chi connectivity index (χ1n) is 4.62. The van der Waals surface area contributed by atoms with Crippen molar-refractivity contribution in [3.63, 3.8) is 0 Å². The van der Waals surface area contributed by atoms with Crippen LogP contribution in [0.2, 0.25) is 0 Å². The van der Waals surface area contributed by atoms with Crippen LogP contribution in [0.15, 0.2) is 0 Å². The number of nitrogens with two attached hydrogens (primary N) is 1. The predicted octanol–water partition coefficient (Wildman–Crippen LogP) is 1.57. The highest BCUT2D eigenvalue weighted by Crippen LogP contribution is 2.28. The van der Waals surface area contributed by atoms with Crippen molar-refractivity contribution in [2.75, 3.05) is 13.2 Å². The van der Waals surface area contributed by atoms with Crippen LogP contribution in [0.4, 0.5) is 4.39 Å². The molecule has 0 aromatic heterocycles. The van der Waals surface area contributed by atoms with Crippen LogP contribution in [-0.4, -0.2) is 24.3 Å². The minimum atomic E-state index is -0.902. The molecule has 0 saturated heterocycles. The highest BCUT2D eigenvalue weighted by Gasteiger charge is 2.35. The van der Waals surface area contributed by atoms with E-state index in [4.69, 9.17) is 10.8 Å². The van der Waals surface area contributed by atoms with E-state index >= 15 is 0 Å². The number of carboxylic acids is 1. The van der Waals surface area contributed by atoms with Crippen LogP contribution in [-0.2, 0) is 4.79 Å². The third-order valence-electron chi connectivity index (χ3n) is 2.36. The zero-order valence-corrected chi connectivity index (χ0v) is 8.05. The van der Waals surface area contributed by atoms with E-state index in [-0.39, 0.29) is 13.0 Å². The van der Waals surface area contributed by atoms with Crippen molar-refractivity contribution in [3.05, 3.63) is 0 Å². The summed E-state index contributed by atoms with van der Waals surface area (Å²) in [6, 6.07) is 0. The van der Waals surface area contributed by atoms with E-state index in [1.54, 1.807) is 0 Å². The van der Waals surface area contributed by atoms with E-state index < -0.39 is 18.1 Å². The van der Waals surface area contributed by atoms with Crippen LogP contribution in [0.25, 0.3) is 0 Å². The molecule has 0 amide bonds. The fourth-order valence-electron chi connectivity index (χ4n) is 1.51. The molecule has 0 bridgehead atoms. The molecule has 13 heavy (non-hydrogen) atoms. The molecular weight excluding hydrogens is 173 g/mol. The molecule has 0 aliphatic carbocycles. The van der Waals surface area contributed by atoms with Crippen LogP contribution in [0, 0.1) is 5.41 Å². The Morgan fingerprint density at radius 2 is 2.15 bits per heavy atom. The van der Waals surface area contributed by atoms with Gasteiger partial charge in [-0.2, -0.15) is 0 Å². The quantitative estimate of drug-likeness (QED) is 0.642. The zero-order chi connectivity index (χ0) is 10.3. The third kappa shape index (κ3) is 3.30. The first kappa shape index (κ1) is 12.4. The summed E-state index contributed by atoms with van der Waals surface area (Å²) in [7, 11) is 0. The molecule has 0 heterocycles. The Kier molecular flexibility index (Phi) is 5.62. The second kappa shape index (κ2) is 5.91. The van der Waals surface area contributed by atoms with E-state index in [2.05, 4.69) is 0 Å². The number of hydrogen-bond donors (Lipinski definition) is 2. The molecular formula is C9H18FNO2. The van der Waals surface area contributed by atoms with Gasteiger partial charge in [-0.15, -0.1) is 0 Å². The smallest absolute Gasteiger partial charge is 0.310 e. The predicted molar refractivity (Wildman–Crippen MR) is 49.2 cm³/mol. The van der Waals surface area contributed by atoms with Crippen molar-refractivity contribution in [2.45, 2.75) is 32.6 Å². The second-order valence-electron chi connectivity index (χ2n) is 3.33. The normalized spacial score (nSPS) is 15.3. The zero-order valence-electron chi connectivity index (χ0n) is 8.05. The molecule has 3 N–H and O–H groups in total. The maximum Gasteiger partial charge on any atom is 0.310 e. The van der Waals surface area contributed by atoms with Crippen molar-refractivity contribution < 1.29 is 14.3 Å². The summed E-state index contributed by atoms with van der Waals surface area (Å²) in [6.07, 6.45) is 1.90. The largest absolute Gasteiger partial charge is 0.481 e. The monoisotopic (exact) mass is 191 g/mol. The lowest BCUT2D eigenvalue weighted by Crippen LogP contribution is -2.38. The van der Waals surface area contributed by atoms with Gasteiger partial charge in [0, 0.05) is 6.54 Å². The van der Waals surface area contributed by atoms with Crippen LogP contribution in [0.5, 0.6) is 0 Å². The number of alkyl halides is 1. The van der Waals surface area contributed by atoms with Gasteiger partial charge in [-0.1, -0.05) is 13.3 Å². The summed E-state index contributed by atoms with van der Waals surface area (Å²) < 4.78 is 11.9. The van der Waals surface area contributed by atoms with E-state index in [0.717, 1.165) is 6.42 Å². The number of halogens is 1. The molecule has 0 rings (SSSR count). The van der Waals surface area contributed by atoms with E-state index in [1.807, 2.05) is 6.92 Å². The fraction of sp³-hybridized carbons (Fsp3) is 0.889. The van der Waals surface area contributed by atoms with E-state index in [9.17, 15) is 9.18 Å². The number of carbonyl (C=O) groups is 1. The summed E-state index contributed by atoms with van der Waals surface area (Å²) in [5, 5.41) is 8.98. The maximum atomic E-state index is 11.9. The molecule has 78 valence electrons. The van der Waals surface area contributed by atoms with Gasteiger partial charge < -0.3 is 10.8 Å². The van der Waals surface area contributed by atoms with E-state index in [0.29, 0.717) is 12.8 Å². The van der Waals surface area contributed by atoms with Crippen molar-refractivity contribution in [3.8, 4) is 0 Å². The standard InChI is InChI=1S/C9H18FNO2/c1-2-4-9(7-11,8(12)13)5-3-6-10/h2-7,11H2,1H3,(H,12,13). The summed E-state index contributed by atoms with van der Waals surface area (Å²) >= 11 is 0. The molecule has 3 nitrogen and oxygen atoms in total. The first-order chi connectivity index (χ1) is 6.13. The van der Waals surface area contributed by atoms with Gasteiger partial charge in [0.1, 0.15) is 0 Å². The Morgan fingerprint density at radius 1 is 1.54 bits per heavy atom. The topological polar surface area (TPSA) is 63.3 Å². The second-order valence-corrected chi connectivity index (χ2v) is 3.33. The highest BCUT2D eigenvalue weighted by molar-refractivity contribution is 5.74. The molecule has 0 radical (unpaired) electrons. The Balaban J connectivity index is 4.35. The van der Waals surface area contributed by atoms with Gasteiger partial charge in [0.2, 0.25) is 0 Å². The Hall–Kier alpha value is -0.640. The Labute approximate surface area is 78.1 Å². The number of aliphatic carboxylic acids is 1. The van der Waals surface area contributed by atoms with Gasteiger partial charge in [-0.05, 0) is 19.3 Å². The minimum Gasteiger partial charge on any atom is -0.481 e. The molecule has 0 aliphatic rings. The van der Waals surface area contributed by atoms with Crippen molar-refractivity contribution >= 4 is 5.97 Å². The van der Waals surface area contributed by atoms with Gasteiger partial charge in [0.15, 0.2) is 0 Å². The molecule has 0 aromatic rings. The van der Waals surface area contributed by atoms with Crippen molar-refractivity contribution in [2.24, 2.45) is 11.1 Å². The maximum absolute atomic E-state index is 11.9. The van der Waals surface area contributed by atoms with E-state index in [1.165, 1.54) is 0 Å². The lowest BCUT2D eigenvalue weighted by Gasteiger charge is -2.26. The molecule has 0 saturated carbocycles. The van der Waals surface area contributed by atoms with Crippen molar-refractivity contribution in [1.82, 2.24) is 0 Å². The fourth-order valence-corrected chi connectivity index (χ4v) is 1.51. The van der Waals surface area contributed by atoms with Gasteiger partial charge in [0.05, 0.1) is 12.1 Å². The summed E-state index contributed by atoms with van der Waals surface area (Å²) in [4.78, 5) is 10.9. The molecule has 0 aromatic carbocycles. The molecule has 4 heteroatoms. The van der Waals surface area contributed by atoms with Gasteiger partial charge >= 0.3 is 5.97 Å². The van der Waals surface area contributed by atoms with Gasteiger partial charge in [0.25, 0.3) is 0 Å². The number of rotatable bonds is 7. The van der Waals surface area contributed by atoms with Crippen LogP contribution < -0.4 is 5.73 Å². The van der Waals surface area contributed by atoms with Crippen molar-refractivity contribution in [1.29, 1.82) is 0 Å². The first-order valence-corrected chi connectivity index (χ1v) is 4.62. The van der Waals surface area contributed by atoms with Crippen LogP contribution in [0.3, 0.4) is 0 Å². The average molecular weight is 191 g/mol. The Bertz CT molecular complexity index is 164. The molecule has 0 aliphatic heterocycles. The summed E-state index contributed by atoms with van der Waals surface area (Å²) in [6.45, 7) is 1.53. The number of hydrogen-bond acceptors (Lipinski definition) is 2. The lowest BCUT2D eigenvalue weighted by atomic mass is 9.79. The van der Waals surface area contributed by atoms with Gasteiger partial charge in [-0.3, -0.25) is 9.18 Å². The SMILES string of the molecule is CCCC(CN)(CCCF)C(=O)O.